The summed E-state index contributed by atoms with van der Waals surface area (Å²) in [7, 11) is 0. The molecular weight excluding hydrogens is 158 g/mol. The van der Waals surface area contributed by atoms with Gasteiger partial charge in [0, 0.05) is 5.54 Å². The minimum atomic E-state index is 0.273. The van der Waals surface area contributed by atoms with E-state index in [2.05, 4.69) is 46.9 Å². The fourth-order valence-electron chi connectivity index (χ4n) is 1.64. The van der Waals surface area contributed by atoms with Crippen LogP contribution in [0.5, 0.6) is 0 Å². The average Bonchev–Trinajstić information content (AvgIpc) is 1.95. The minimum Gasteiger partial charge on any atom is -0.312 e. The Balaban J connectivity index is 3.62. The lowest BCUT2D eigenvalue weighted by atomic mass is 9.90. The van der Waals surface area contributed by atoms with Crippen LogP contribution in [0.3, 0.4) is 0 Å². The Kier molecular flexibility index (Phi) is 5.62. The quantitative estimate of drug-likeness (QED) is 0.692. The van der Waals surface area contributed by atoms with E-state index in [1.807, 2.05) is 0 Å². The van der Waals surface area contributed by atoms with Gasteiger partial charge in [0.2, 0.25) is 0 Å². The molecule has 0 aliphatic carbocycles. The summed E-state index contributed by atoms with van der Waals surface area (Å²) in [6.07, 6.45) is 2.62. The van der Waals surface area contributed by atoms with Crippen molar-refractivity contribution in [2.24, 2.45) is 11.8 Å². The maximum absolute atomic E-state index is 3.54. The van der Waals surface area contributed by atoms with Crippen molar-refractivity contribution in [3.8, 4) is 0 Å². The van der Waals surface area contributed by atoms with Crippen molar-refractivity contribution < 1.29 is 0 Å². The maximum atomic E-state index is 3.54. The maximum Gasteiger partial charge on any atom is 0.00965 e. The summed E-state index contributed by atoms with van der Waals surface area (Å²) in [5.41, 5.74) is 0.273. The highest BCUT2D eigenvalue weighted by Gasteiger charge is 2.13. The molecule has 1 atom stereocenters. The van der Waals surface area contributed by atoms with Gasteiger partial charge in [-0.25, -0.2) is 0 Å². The van der Waals surface area contributed by atoms with E-state index in [9.17, 15) is 0 Å². The van der Waals surface area contributed by atoms with E-state index >= 15 is 0 Å². The molecule has 0 saturated carbocycles. The Bertz CT molecular complexity index is 122. The summed E-state index contributed by atoms with van der Waals surface area (Å²) >= 11 is 0. The molecule has 0 heterocycles. The molecule has 1 nitrogen and oxygen atoms in total. The molecule has 0 spiro atoms. The van der Waals surface area contributed by atoms with E-state index in [0.717, 1.165) is 18.4 Å². The fourth-order valence-corrected chi connectivity index (χ4v) is 1.64. The largest absolute Gasteiger partial charge is 0.312 e. The average molecular weight is 185 g/mol. The van der Waals surface area contributed by atoms with Gasteiger partial charge in [-0.05, 0) is 45.6 Å². The van der Waals surface area contributed by atoms with Gasteiger partial charge >= 0.3 is 0 Å². The SMILES string of the molecule is CCC(CCNC(C)(C)C)C(C)C. The van der Waals surface area contributed by atoms with Gasteiger partial charge in [-0.3, -0.25) is 0 Å². The smallest absolute Gasteiger partial charge is 0.00965 e. The molecule has 80 valence electrons. The lowest BCUT2D eigenvalue weighted by Gasteiger charge is -2.24. The minimum absolute atomic E-state index is 0.273. The van der Waals surface area contributed by atoms with Gasteiger partial charge in [0.05, 0.1) is 0 Å². The zero-order valence-corrected chi connectivity index (χ0v) is 10.3. The summed E-state index contributed by atoms with van der Waals surface area (Å²) in [6.45, 7) is 14.8. The molecule has 0 aliphatic heterocycles. The van der Waals surface area contributed by atoms with Crippen molar-refractivity contribution in [1.82, 2.24) is 5.32 Å². The van der Waals surface area contributed by atoms with Crippen LogP contribution in [0.4, 0.5) is 0 Å². The van der Waals surface area contributed by atoms with Crippen LogP contribution in [0.25, 0.3) is 0 Å². The Morgan fingerprint density at radius 1 is 1.15 bits per heavy atom. The van der Waals surface area contributed by atoms with Crippen LogP contribution >= 0.6 is 0 Å². The van der Waals surface area contributed by atoms with Crippen LogP contribution in [0.1, 0.15) is 54.4 Å². The second-order valence-corrected chi connectivity index (χ2v) is 5.38. The lowest BCUT2D eigenvalue weighted by molar-refractivity contribution is 0.319. The molecule has 1 unspecified atom stereocenters. The van der Waals surface area contributed by atoms with Crippen LogP contribution in [0, 0.1) is 11.8 Å². The second kappa shape index (κ2) is 5.64. The Labute approximate surface area is 84.3 Å². The summed E-state index contributed by atoms with van der Waals surface area (Å²) < 4.78 is 0. The number of rotatable bonds is 5. The summed E-state index contributed by atoms with van der Waals surface area (Å²) in [5.74, 6) is 1.71. The standard InChI is InChI=1S/C12H27N/c1-7-11(10(2)3)8-9-13-12(4,5)6/h10-11,13H,7-9H2,1-6H3. The van der Waals surface area contributed by atoms with Gasteiger partial charge in [-0.2, -0.15) is 0 Å². The summed E-state index contributed by atoms with van der Waals surface area (Å²) in [6, 6.07) is 0. The van der Waals surface area contributed by atoms with Crippen molar-refractivity contribution >= 4 is 0 Å². The molecule has 0 aromatic carbocycles. The molecule has 0 radical (unpaired) electrons. The number of hydrogen-bond donors (Lipinski definition) is 1. The number of hydrogen-bond acceptors (Lipinski definition) is 1. The molecule has 0 saturated heterocycles. The van der Waals surface area contributed by atoms with E-state index in [0.29, 0.717) is 0 Å². The highest BCUT2D eigenvalue weighted by Crippen LogP contribution is 2.18. The first-order valence-corrected chi connectivity index (χ1v) is 5.62. The first-order chi connectivity index (χ1) is 5.87. The van der Waals surface area contributed by atoms with Crippen molar-refractivity contribution in [1.29, 1.82) is 0 Å². The molecular formula is C12H27N. The molecule has 13 heavy (non-hydrogen) atoms. The van der Waals surface area contributed by atoms with Crippen molar-refractivity contribution in [2.45, 2.75) is 59.9 Å². The van der Waals surface area contributed by atoms with Crippen LogP contribution < -0.4 is 5.32 Å². The third kappa shape index (κ3) is 7.06. The van der Waals surface area contributed by atoms with E-state index in [1.165, 1.54) is 12.8 Å². The third-order valence-electron chi connectivity index (χ3n) is 2.64. The normalized spacial score (nSPS) is 15.0. The topological polar surface area (TPSA) is 12.0 Å². The molecule has 0 bridgehead atoms. The van der Waals surface area contributed by atoms with E-state index < -0.39 is 0 Å². The Hall–Kier alpha value is -0.0400. The molecule has 0 amide bonds. The Morgan fingerprint density at radius 2 is 1.69 bits per heavy atom. The zero-order valence-electron chi connectivity index (χ0n) is 10.3. The summed E-state index contributed by atoms with van der Waals surface area (Å²) in [5, 5.41) is 3.54. The molecule has 0 aromatic heterocycles. The van der Waals surface area contributed by atoms with Gasteiger partial charge < -0.3 is 5.32 Å². The van der Waals surface area contributed by atoms with Crippen molar-refractivity contribution in [3.63, 3.8) is 0 Å². The first-order valence-electron chi connectivity index (χ1n) is 5.62. The van der Waals surface area contributed by atoms with Crippen molar-refractivity contribution in [2.75, 3.05) is 6.54 Å². The van der Waals surface area contributed by atoms with E-state index in [-0.39, 0.29) is 5.54 Å². The predicted molar refractivity (Wildman–Crippen MR) is 61.0 cm³/mol. The van der Waals surface area contributed by atoms with Crippen LogP contribution in [0.15, 0.2) is 0 Å². The van der Waals surface area contributed by atoms with Crippen LogP contribution in [-0.2, 0) is 0 Å². The van der Waals surface area contributed by atoms with Gasteiger partial charge in [-0.1, -0.05) is 27.2 Å². The van der Waals surface area contributed by atoms with E-state index in [1.54, 1.807) is 0 Å². The molecule has 0 fully saturated rings. The lowest BCUT2D eigenvalue weighted by Crippen LogP contribution is -2.37. The molecule has 0 aromatic rings. The van der Waals surface area contributed by atoms with Gasteiger partial charge in [0.1, 0.15) is 0 Å². The second-order valence-electron chi connectivity index (χ2n) is 5.38. The van der Waals surface area contributed by atoms with Crippen LogP contribution in [0.2, 0.25) is 0 Å². The van der Waals surface area contributed by atoms with E-state index in [4.69, 9.17) is 0 Å². The Morgan fingerprint density at radius 3 is 2.00 bits per heavy atom. The predicted octanol–water partition coefficient (Wildman–Crippen LogP) is 3.45. The first kappa shape index (κ1) is 13.0. The van der Waals surface area contributed by atoms with Crippen molar-refractivity contribution in [3.05, 3.63) is 0 Å². The molecule has 1 N–H and O–H groups in total. The molecule has 0 rings (SSSR count). The van der Waals surface area contributed by atoms with Gasteiger partial charge in [0.25, 0.3) is 0 Å². The highest BCUT2D eigenvalue weighted by molar-refractivity contribution is 4.71. The molecule has 0 aliphatic rings. The van der Waals surface area contributed by atoms with Crippen LogP contribution in [-0.4, -0.2) is 12.1 Å². The molecule has 1 heteroatoms. The van der Waals surface area contributed by atoms with Gasteiger partial charge in [0.15, 0.2) is 0 Å². The number of nitrogens with one attached hydrogen (secondary N) is 1. The zero-order chi connectivity index (χ0) is 10.5. The highest BCUT2D eigenvalue weighted by atomic mass is 14.9. The summed E-state index contributed by atoms with van der Waals surface area (Å²) in [4.78, 5) is 0. The fraction of sp³-hybridized carbons (Fsp3) is 1.00. The third-order valence-corrected chi connectivity index (χ3v) is 2.64. The van der Waals surface area contributed by atoms with Gasteiger partial charge in [-0.15, -0.1) is 0 Å². The monoisotopic (exact) mass is 185 g/mol.